The Labute approximate surface area is 295 Å². The lowest BCUT2D eigenvalue weighted by Crippen LogP contribution is -2.60. The van der Waals surface area contributed by atoms with Crippen LogP contribution in [0.1, 0.15) is 153 Å². The fourth-order valence-electron chi connectivity index (χ4n) is 9.15. The Morgan fingerprint density at radius 1 is 0.816 bits per heavy atom. The molecular weight excluding hydrogens is 646 g/mol. The maximum atomic E-state index is 14.8. The van der Waals surface area contributed by atoms with Gasteiger partial charge in [-0.2, -0.15) is 4.31 Å². The molecule has 49 heavy (non-hydrogen) atoms. The predicted molar refractivity (Wildman–Crippen MR) is 189 cm³/mol. The van der Waals surface area contributed by atoms with Gasteiger partial charge in [-0.3, -0.25) is 0 Å². The average molecular weight is 712 g/mol. The molecule has 4 saturated carbocycles. The van der Waals surface area contributed by atoms with E-state index in [1.807, 2.05) is 4.31 Å². The second kappa shape index (κ2) is 14.9. The number of rotatable bonds is 9. The number of carbonyl (C=O) groups excluding carboxylic acids is 3. The predicted octanol–water partition coefficient (Wildman–Crippen LogP) is 7.72. The van der Waals surface area contributed by atoms with E-state index in [1.54, 1.807) is 55.4 Å². The molecule has 4 aliphatic rings. The molecule has 4 rings (SSSR count). The van der Waals surface area contributed by atoms with Gasteiger partial charge in [-0.15, -0.1) is 0 Å². The first-order valence-electron chi connectivity index (χ1n) is 18.8. The van der Waals surface area contributed by atoms with Crippen molar-refractivity contribution in [3.8, 4) is 0 Å². The highest BCUT2D eigenvalue weighted by molar-refractivity contribution is 7.89. The van der Waals surface area contributed by atoms with Gasteiger partial charge in [-0.1, -0.05) is 66.2 Å². The van der Waals surface area contributed by atoms with Gasteiger partial charge < -0.3 is 14.2 Å². The Kier molecular flexibility index (Phi) is 12.1. The Hall–Kier alpha value is -2.08. The maximum Gasteiger partial charge on any atom is 0.430 e. The first-order chi connectivity index (χ1) is 22.6. The van der Waals surface area contributed by atoms with E-state index in [4.69, 9.17) is 14.2 Å². The minimum Gasteiger partial charge on any atom is -0.460 e. The molecule has 2 bridgehead atoms. The van der Waals surface area contributed by atoms with Crippen LogP contribution in [0.25, 0.3) is 0 Å². The summed E-state index contributed by atoms with van der Waals surface area (Å²) in [7, 11) is -3.72. The van der Waals surface area contributed by atoms with Gasteiger partial charge in [0.1, 0.15) is 17.3 Å². The molecule has 0 heterocycles. The lowest BCUT2D eigenvalue weighted by atomic mass is 9.69. The number of hydrazine groups is 1. The number of carbonyl (C=O) groups is 3. The minimum absolute atomic E-state index is 0.0209. The van der Waals surface area contributed by atoms with Gasteiger partial charge >= 0.3 is 18.2 Å². The lowest BCUT2D eigenvalue weighted by molar-refractivity contribution is -0.166. The second-order valence-corrected chi connectivity index (χ2v) is 20.0. The van der Waals surface area contributed by atoms with Crippen LogP contribution in [0, 0.1) is 22.7 Å². The molecule has 4 atom stereocenters. The van der Waals surface area contributed by atoms with Gasteiger partial charge in [-0.05, 0) is 104 Å². The molecule has 11 nitrogen and oxygen atoms in total. The summed E-state index contributed by atoms with van der Waals surface area (Å²) >= 11 is 0. The molecule has 0 aromatic carbocycles. The summed E-state index contributed by atoms with van der Waals surface area (Å²) in [5, 5.41) is 0.877. The van der Waals surface area contributed by atoms with Crippen molar-refractivity contribution in [3.05, 3.63) is 0 Å². The van der Waals surface area contributed by atoms with E-state index in [1.165, 1.54) is 0 Å². The highest BCUT2D eigenvalue weighted by Gasteiger charge is 2.67. The van der Waals surface area contributed by atoms with Crippen LogP contribution in [0.3, 0.4) is 0 Å². The Morgan fingerprint density at radius 3 is 1.78 bits per heavy atom. The molecule has 0 aromatic rings. The highest BCUT2D eigenvalue weighted by atomic mass is 32.2. The van der Waals surface area contributed by atoms with Crippen molar-refractivity contribution in [1.29, 1.82) is 0 Å². The fourth-order valence-corrected chi connectivity index (χ4v) is 12.0. The summed E-state index contributed by atoms with van der Waals surface area (Å²) in [6, 6.07) is -1.21. The van der Waals surface area contributed by atoms with Gasteiger partial charge in [0, 0.05) is 17.5 Å². The number of ether oxygens (including phenoxy) is 3. The Morgan fingerprint density at radius 2 is 1.33 bits per heavy atom. The minimum atomic E-state index is -3.72. The monoisotopic (exact) mass is 711 g/mol. The Bertz CT molecular complexity index is 1270. The second-order valence-electron chi connectivity index (χ2n) is 18.1. The zero-order valence-electron chi connectivity index (χ0n) is 31.9. The fraction of sp³-hybridized carbons (Fsp3) is 0.919. The van der Waals surface area contributed by atoms with E-state index in [9.17, 15) is 22.8 Å². The van der Waals surface area contributed by atoms with Crippen LogP contribution >= 0.6 is 0 Å². The number of hydrogen-bond acceptors (Lipinski definition) is 8. The number of nitrogens with one attached hydrogen (secondary N) is 1. The number of hydrogen-bond donors (Lipinski definition) is 1. The van der Waals surface area contributed by atoms with Crippen molar-refractivity contribution in [2.24, 2.45) is 22.7 Å². The summed E-state index contributed by atoms with van der Waals surface area (Å²) in [5.74, 6) is -1.07. The molecule has 0 aromatic heterocycles. The van der Waals surface area contributed by atoms with Gasteiger partial charge in [0.25, 0.3) is 0 Å². The summed E-state index contributed by atoms with van der Waals surface area (Å²) in [6.45, 7) is 18.0. The topological polar surface area (TPSA) is 132 Å². The first kappa shape index (κ1) is 39.7. The van der Waals surface area contributed by atoms with Gasteiger partial charge in [0.15, 0.2) is 6.04 Å². The number of nitrogens with zero attached hydrogens (tertiary/aromatic N) is 2. The molecule has 4 fully saturated rings. The van der Waals surface area contributed by atoms with Crippen molar-refractivity contribution in [2.45, 2.75) is 188 Å². The van der Waals surface area contributed by atoms with Crippen LogP contribution in [0.15, 0.2) is 0 Å². The van der Waals surface area contributed by atoms with Crippen molar-refractivity contribution >= 4 is 28.2 Å². The molecule has 4 aliphatic carbocycles. The SMILES string of the molecule is CC(C)[C@@H](C(=O)O[C@@H]1C[C@H]2CC[C@]1(CS(=O)(=O)N(C1CCCCC1)C1CCCCC1)C2(C)C)N(NC(=O)OC(C)(C)C)C(=O)OC(C)(C)C. The van der Waals surface area contributed by atoms with Crippen LogP contribution in [0.5, 0.6) is 0 Å². The van der Waals surface area contributed by atoms with E-state index in [0.717, 1.165) is 75.6 Å². The normalized spacial score (nSPS) is 27.2. The smallest absolute Gasteiger partial charge is 0.430 e. The third kappa shape index (κ3) is 9.05. The molecular formula is C37H65N3O8S. The third-order valence-electron chi connectivity index (χ3n) is 11.6. The van der Waals surface area contributed by atoms with Crippen LogP contribution in [0.4, 0.5) is 9.59 Å². The zero-order chi connectivity index (χ0) is 36.6. The summed E-state index contributed by atoms with van der Waals surface area (Å²) in [6.07, 6.45) is 9.64. The van der Waals surface area contributed by atoms with Crippen molar-refractivity contribution < 1.29 is 37.0 Å². The number of esters is 1. The van der Waals surface area contributed by atoms with Crippen LogP contribution < -0.4 is 5.43 Å². The Balaban J connectivity index is 1.65. The van der Waals surface area contributed by atoms with Gasteiger partial charge in [0.2, 0.25) is 10.0 Å². The largest absolute Gasteiger partial charge is 0.460 e. The molecule has 0 unspecified atom stereocenters. The molecule has 0 aliphatic heterocycles. The molecule has 12 heteroatoms. The van der Waals surface area contributed by atoms with Crippen molar-refractivity contribution in [2.75, 3.05) is 5.75 Å². The summed E-state index contributed by atoms with van der Waals surface area (Å²) in [4.78, 5) is 40.8. The van der Waals surface area contributed by atoms with Gasteiger partial charge in [-0.25, -0.2) is 33.2 Å². The maximum absolute atomic E-state index is 14.8. The van der Waals surface area contributed by atoms with E-state index in [2.05, 4.69) is 19.3 Å². The van der Waals surface area contributed by atoms with Crippen LogP contribution in [-0.4, -0.2) is 77.1 Å². The number of amides is 2. The highest BCUT2D eigenvalue weighted by Crippen LogP contribution is 2.67. The molecule has 0 spiro atoms. The van der Waals surface area contributed by atoms with E-state index in [-0.39, 0.29) is 29.2 Å². The van der Waals surface area contributed by atoms with Crippen molar-refractivity contribution in [1.82, 2.24) is 14.7 Å². The average Bonchev–Trinajstić information content (AvgIpc) is 3.30. The zero-order valence-corrected chi connectivity index (χ0v) is 32.7. The quantitative estimate of drug-likeness (QED) is 0.146. The van der Waals surface area contributed by atoms with E-state index >= 15 is 0 Å². The summed E-state index contributed by atoms with van der Waals surface area (Å²) < 4.78 is 49.1. The first-order valence-corrected chi connectivity index (χ1v) is 20.4. The van der Waals surface area contributed by atoms with E-state index < -0.39 is 62.9 Å². The number of fused-ring (bicyclic) bond motifs is 2. The lowest BCUT2D eigenvalue weighted by Gasteiger charge is -2.46. The molecule has 2 amide bonds. The van der Waals surface area contributed by atoms with Crippen LogP contribution in [0.2, 0.25) is 0 Å². The third-order valence-corrected chi connectivity index (χ3v) is 13.7. The molecule has 282 valence electrons. The standard InChI is InChI=1S/C37H65N3O8S/c1-25(2)30(39(33(43)48-35(6,7)8)38-32(42)47-34(3,4)5)31(41)46-29-23-26-21-22-37(29,36(26,9)10)24-49(44,45)40(27-17-13-11-14-18-27)28-19-15-12-16-20-28/h25-30H,11-24H2,1-10H3,(H,38,42)/t26-,29-,30+,37-/m1/s1. The van der Waals surface area contributed by atoms with Crippen LogP contribution in [-0.2, 0) is 29.0 Å². The summed E-state index contributed by atoms with van der Waals surface area (Å²) in [5.41, 5.74) is -0.475. The molecule has 1 N–H and O–H groups in total. The van der Waals surface area contributed by atoms with Crippen molar-refractivity contribution in [3.63, 3.8) is 0 Å². The molecule has 0 radical (unpaired) electrons. The molecule has 0 saturated heterocycles. The van der Waals surface area contributed by atoms with Gasteiger partial charge in [0.05, 0.1) is 5.75 Å². The van der Waals surface area contributed by atoms with E-state index in [0.29, 0.717) is 12.8 Å². The number of sulfonamides is 1.